The molecule has 0 rings (SSSR count). The summed E-state index contributed by atoms with van der Waals surface area (Å²) >= 11 is 0. The maximum atomic E-state index is 10.2. The molecule has 0 aliphatic carbocycles. The number of aliphatic carboxylic acids is 4. The molecule has 0 bridgehead atoms. The van der Waals surface area contributed by atoms with Gasteiger partial charge in [0.15, 0.2) is 5.96 Å². The number of hydrogen-bond donors (Lipinski definition) is 13. The first kappa shape index (κ1) is 45.8. The fourth-order valence-corrected chi connectivity index (χ4v) is 2.54. The van der Waals surface area contributed by atoms with Gasteiger partial charge in [0, 0.05) is 6.54 Å². The summed E-state index contributed by atoms with van der Waals surface area (Å²) in [6.45, 7) is 2.23. The molecular weight excluding hydrogens is 556 g/mol. The average molecular weight is 613 g/mol. The summed E-state index contributed by atoms with van der Waals surface area (Å²) in [5, 5.41) is 33.4. The maximum absolute atomic E-state index is 10.2. The van der Waals surface area contributed by atoms with E-state index in [9.17, 15) is 19.2 Å². The zero-order valence-corrected chi connectivity index (χ0v) is 24.5. The molecule has 0 aromatic rings. The molecule has 18 heteroatoms. The molecule has 0 unspecified atom stereocenters. The largest absolute Gasteiger partial charge is 0.480 e. The van der Waals surface area contributed by atoms with Crippen molar-refractivity contribution < 1.29 is 39.6 Å². The van der Waals surface area contributed by atoms with Crippen LogP contribution in [0.15, 0.2) is 4.99 Å². The number of guanidine groups is 1. The van der Waals surface area contributed by atoms with Gasteiger partial charge in [-0.2, -0.15) is 0 Å². The van der Waals surface area contributed by atoms with E-state index in [1.54, 1.807) is 0 Å². The Kier molecular flexibility index (Phi) is 35.4. The first-order valence-corrected chi connectivity index (χ1v) is 13.7. The summed E-state index contributed by atoms with van der Waals surface area (Å²) in [7, 11) is 0. The summed E-state index contributed by atoms with van der Waals surface area (Å²) in [4.78, 5) is 44.3. The number of carboxylic acid groups (broad SMARTS) is 4. The second-order valence-electron chi connectivity index (χ2n) is 9.08. The van der Waals surface area contributed by atoms with Crippen molar-refractivity contribution in [3.8, 4) is 0 Å². The first-order chi connectivity index (χ1) is 19.6. The third-order valence-corrected chi connectivity index (χ3v) is 5.14. The third-order valence-electron chi connectivity index (χ3n) is 5.14. The molecule has 4 atom stereocenters. The molecule has 0 radical (unpaired) electrons. The topological polar surface area (TPSA) is 396 Å². The Morgan fingerprint density at radius 1 is 0.476 bits per heavy atom. The highest BCUT2D eigenvalue weighted by Crippen LogP contribution is 1.98. The van der Waals surface area contributed by atoms with E-state index < -0.39 is 48.0 Å². The molecule has 18 nitrogen and oxygen atoms in total. The van der Waals surface area contributed by atoms with Crippen molar-refractivity contribution in [2.24, 2.45) is 56.6 Å². The quantitative estimate of drug-likeness (QED) is 0.0370. The average Bonchev–Trinajstić information content (AvgIpc) is 2.91. The predicted molar refractivity (Wildman–Crippen MR) is 161 cm³/mol. The number of carbonyl (C=O) groups is 4. The number of rotatable bonds is 20. The van der Waals surface area contributed by atoms with Gasteiger partial charge in [0.1, 0.15) is 24.2 Å². The van der Waals surface area contributed by atoms with Crippen LogP contribution in [0.5, 0.6) is 0 Å². The lowest BCUT2D eigenvalue weighted by Gasteiger charge is -2.03. The molecule has 0 fully saturated rings. The molecular formula is C24H56N10O8. The minimum absolute atomic E-state index is 0.0129. The van der Waals surface area contributed by atoms with Crippen molar-refractivity contribution in [2.45, 2.75) is 94.8 Å². The van der Waals surface area contributed by atoms with Gasteiger partial charge in [-0.15, -0.1) is 0 Å². The number of hydrogen-bond acceptors (Lipinski definition) is 12. The van der Waals surface area contributed by atoms with Crippen molar-refractivity contribution >= 4 is 29.8 Å². The second-order valence-corrected chi connectivity index (χ2v) is 9.08. The zero-order chi connectivity index (χ0) is 33.5. The minimum Gasteiger partial charge on any atom is -0.480 e. The Bertz CT molecular complexity index is 666. The highest BCUT2D eigenvalue weighted by Gasteiger charge is 2.11. The predicted octanol–water partition coefficient (Wildman–Crippen LogP) is -2.97. The zero-order valence-electron chi connectivity index (χ0n) is 24.5. The van der Waals surface area contributed by atoms with Crippen LogP contribution in [0, 0.1) is 0 Å². The number of aliphatic imine (C=N–C) groups is 1. The van der Waals surface area contributed by atoms with Crippen molar-refractivity contribution in [1.82, 2.24) is 0 Å². The third kappa shape index (κ3) is 39.0. The van der Waals surface area contributed by atoms with Gasteiger partial charge in [0.05, 0.1) is 0 Å². The van der Waals surface area contributed by atoms with Gasteiger partial charge in [0.25, 0.3) is 0 Å². The van der Waals surface area contributed by atoms with E-state index in [0.717, 1.165) is 38.5 Å². The lowest BCUT2D eigenvalue weighted by molar-refractivity contribution is -0.139. The van der Waals surface area contributed by atoms with Crippen LogP contribution < -0.4 is 51.6 Å². The van der Waals surface area contributed by atoms with Crippen LogP contribution in [0.1, 0.15) is 70.6 Å². The maximum Gasteiger partial charge on any atom is 0.320 e. The number of nitrogens with two attached hydrogens (primary N) is 9. The Balaban J connectivity index is -0.000000230. The summed E-state index contributed by atoms with van der Waals surface area (Å²) in [6, 6.07) is -2.97. The highest BCUT2D eigenvalue weighted by atomic mass is 16.4. The molecule has 22 N–H and O–H groups in total. The van der Waals surface area contributed by atoms with Crippen LogP contribution in [0.25, 0.3) is 0 Å². The number of carboxylic acids is 4. The van der Waals surface area contributed by atoms with Gasteiger partial charge in [0.2, 0.25) is 0 Å². The van der Waals surface area contributed by atoms with Gasteiger partial charge in [-0.25, -0.2) is 0 Å². The SMILES string of the molecule is NC(N)=NCCC[C@H](N)C(=O)O.NCCCC[C@H](N)C(=O)O.NCCCC[C@H](N)C(=O)O.NCCCC[C@H](N)C(=O)O. The fourth-order valence-electron chi connectivity index (χ4n) is 2.54. The summed E-state index contributed by atoms with van der Waals surface area (Å²) in [6.07, 6.45) is 7.45. The lowest BCUT2D eigenvalue weighted by Crippen LogP contribution is -2.30. The van der Waals surface area contributed by atoms with Crippen LogP contribution >= 0.6 is 0 Å². The lowest BCUT2D eigenvalue weighted by atomic mass is 10.1. The summed E-state index contributed by atoms with van der Waals surface area (Å²) in [5.41, 5.74) is 46.6. The molecule has 0 amide bonds. The van der Waals surface area contributed by atoms with E-state index in [1.165, 1.54) is 0 Å². The number of nitrogens with zero attached hydrogens (tertiary/aromatic N) is 1. The van der Waals surface area contributed by atoms with Crippen molar-refractivity contribution in [1.29, 1.82) is 0 Å². The fraction of sp³-hybridized carbons (Fsp3) is 0.792. The molecule has 0 aliphatic rings. The molecule has 0 aliphatic heterocycles. The van der Waals surface area contributed by atoms with Crippen LogP contribution in [0.3, 0.4) is 0 Å². The number of unbranched alkanes of at least 4 members (excludes halogenated alkanes) is 3. The van der Waals surface area contributed by atoms with Crippen molar-refractivity contribution in [3.05, 3.63) is 0 Å². The monoisotopic (exact) mass is 612 g/mol. The molecule has 0 spiro atoms. The van der Waals surface area contributed by atoms with E-state index in [-0.39, 0.29) is 5.96 Å². The summed E-state index contributed by atoms with van der Waals surface area (Å²) < 4.78 is 0. The van der Waals surface area contributed by atoms with Crippen LogP contribution in [0.2, 0.25) is 0 Å². The molecule has 0 saturated carbocycles. The minimum atomic E-state index is -1.00. The molecule has 0 aromatic heterocycles. The molecule has 0 aromatic carbocycles. The molecule has 0 heterocycles. The van der Waals surface area contributed by atoms with E-state index in [0.29, 0.717) is 58.3 Å². The second kappa shape index (κ2) is 32.4. The molecule has 250 valence electrons. The van der Waals surface area contributed by atoms with Crippen molar-refractivity contribution in [2.75, 3.05) is 26.2 Å². The van der Waals surface area contributed by atoms with Crippen LogP contribution in [-0.2, 0) is 19.2 Å². The van der Waals surface area contributed by atoms with Gasteiger partial charge in [-0.1, -0.05) is 19.3 Å². The van der Waals surface area contributed by atoms with Gasteiger partial charge in [-0.05, 0) is 71.0 Å². The Labute approximate surface area is 247 Å². The highest BCUT2D eigenvalue weighted by molar-refractivity contribution is 5.75. The van der Waals surface area contributed by atoms with Gasteiger partial charge < -0.3 is 72.0 Å². The Hall–Kier alpha value is -3.13. The van der Waals surface area contributed by atoms with Gasteiger partial charge in [-0.3, -0.25) is 24.2 Å². The molecule has 42 heavy (non-hydrogen) atoms. The van der Waals surface area contributed by atoms with E-state index in [2.05, 4.69) is 4.99 Å². The first-order valence-electron chi connectivity index (χ1n) is 13.7. The van der Waals surface area contributed by atoms with E-state index in [1.807, 2.05) is 0 Å². The smallest absolute Gasteiger partial charge is 0.320 e. The Morgan fingerprint density at radius 3 is 0.905 bits per heavy atom. The molecule has 0 saturated heterocycles. The summed E-state index contributed by atoms with van der Waals surface area (Å²) in [5.74, 6) is -3.79. The van der Waals surface area contributed by atoms with E-state index in [4.69, 9.17) is 72.0 Å². The normalized spacial score (nSPS) is 12.7. The van der Waals surface area contributed by atoms with Gasteiger partial charge >= 0.3 is 23.9 Å². The Morgan fingerprint density at radius 2 is 0.714 bits per heavy atom. The standard InChI is InChI=1S/C6H14N4O2.3C6H14N2O2/c7-4(5(11)12)2-1-3-10-6(8)9;3*7-4-2-1-3-5(8)6(9)10/h4H,1-3,7H2,(H,11,12)(H4,8,9,10);3*5H,1-4,7-8H2,(H,9,10)/t4-;3*5-/m0000/s1. The van der Waals surface area contributed by atoms with Crippen molar-refractivity contribution in [3.63, 3.8) is 0 Å². The van der Waals surface area contributed by atoms with E-state index >= 15 is 0 Å². The van der Waals surface area contributed by atoms with Crippen LogP contribution in [-0.4, -0.2) is 101 Å². The van der Waals surface area contributed by atoms with Crippen LogP contribution in [0.4, 0.5) is 0 Å².